The highest BCUT2D eigenvalue weighted by Crippen LogP contribution is 2.27. The lowest BCUT2D eigenvalue weighted by Crippen LogP contribution is -2.42. The molecule has 0 amide bonds. The van der Waals surface area contributed by atoms with Crippen LogP contribution in [-0.4, -0.2) is 48.7 Å². The van der Waals surface area contributed by atoms with Gasteiger partial charge < -0.3 is 20.1 Å². The predicted octanol–water partition coefficient (Wildman–Crippen LogP) is 3.56. The summed E-state index contributed by atoms with van der Waals surface area (Å²) < 4.78 is 35.3. The number of benzene rings is 1. The second-order valence-electron chi connectivity index (χ2n) is 5.27. The molecule has 1 aliphatic rings. The molecule has 0 saturated carbocycles. The van der Waals surface area contributed by atoms with Crippen LogP contribution >= 0.6 is 35.7 Å². The Bertz CT molecular complexity index is 558. The van der Waals surface area contributed by atoms with Gasteiger partial charge in [-0.25, -0.2) is 4.99 Å². The number of hydrogen-bond donors (Lipinski definition) is 1. The van der Waals surface area contributed by atoms with Crippen molar-refractivity contribution in [1.82, 2.24) is 4.90 Å². The van der Waals surface area contributed by atoms with E-state index in [1.807, 2.05) is 23.6 Å². The molecule has 1 aliphatic heterocycles. The molecule has 0 unspecified atom stereocenters. The van der Waals surface area contributed by atoms with Crippen molar-refractivity contribution in [2.45, 2.75) is 26.5 Å². The van der Waals surface area contributed by atoms with Gasteiger partial charge in [-0.15, -0.1) is 24.0 Å². The van der Waals surface area contributed by atoms with Crippen molar-refractivity contribution in [3.05, 3.63) is 23.8 Å². The number of rotatable bonds is 7. The van der Waals surface area contributed by atoms with Gasteiger partial charge in [0.2, 0.25) is 0 Å². The quantitative estimate of drug-likeness (QED) is 0.362. The van der Waals surface area contributed by atoms with Crippen molar-refractivity contribution < 1.29 is 18.3 Å². The molecule has 0 bridgehead atoms. The third-order valence-electron chi connectivity index (χ3n) is 3.47. The number of hydrogen-bond acceptors (Lipinski definition) is 4. The van der Waals surface area contributed by atoms with E-state index >= 15 is 0 Å². The van der Waals surface area contributed by atoms with Gasteiger partial charge in [0.05, 0.1) is 13.2 Å². The van der Waals surface area contributed by atoms with Crippen LogP contribution in [0.2, 0.25) is 0 Å². The Kier molecular flexibility index (Phi) is 10.2. The summed E-state index contributed by atoms with van der Waals surface area (Å²) in [4.78, 5) is 6.33. The highest BCUT2D eigenvalue weighted by atomic mass is 127. The molecule has 1 saturated heterocycles. The van der Waals surface area contributed by atoms with Crippen molar-refractivity contribution >= 4 is 41.7 Å². The molecule has 0 atom stereocenters. The first-order valence-corrected chi connectivity index (χ1v) is 9.08. The molecule has 2 N–H and O–H groups in total. The number of nitrogens with two attached hydrogens (primary N) is 1. The van der Waals surface area contributed by atoms with Gasteiger partial charge in [-0.2, -0.15) is 20.5 Å². The van der Waals surface area contributed by atoms with Crippen LogP contribution in [0.5, 0.6) is 11.5 Å². The Morgan fingerprint density at radius 2 is 2.08 bits per heavy atom. The second kappa shape index (κ2) is 11.6. The Morgan fingerprint density at radius 3 is 2.72 bits per heavy atom. The summed E-state index contributed by atoms with van der Waals surface area (Å²) in [6.45, 7) is 1.48. The molecule has 1 fully saturated rings. The molecular weight excluding hydrogens is 463 g/mol. The first-order valence-electron chi connectivity index (χ1n) is 7.93. The molecule has 142 valence electrons. The van der Waals surface area contributed by atoms with Gasteiger partial charge in [-0.1, -0.05) is 6.92 Å². The van der Waals surface area contributed by atoms with Crippen molar-refractivity contribution in [2.24, 2.45) is 10.7 Å². The first kappa shape index (κ1) is 22.1. The fourth-order valence-electron chi connectivity index (χ4n) is 2.24. The maximum atomic E-state index is 12.6. The molecule has 0 aliphatic carbocycles. The molecule has 1 aromatic carbocycles. The zero-order valence-electron chi connectivity index (χ0n) is 14.1. The molecule has 25 heavy (non-hydrogen) atoms. The average molecular weight is 487 g/mol. The monoisotopic (exact) mass is 487 g/mol. The van der Waals surface area contributed by atoms with Crippen LogP contribution < -0.4 is 15.2 Å². The number of nitrogens with zero attached hydrogens (tertiary/aromatic N) is 2. The predicted molar refractivity (Wildman–Crippen MR) is 108 cm³/mol. The third kappa shape index (κ3) is 7.43. The van der Waals surface area contributed by atoms with E-state index in [2.05, 4.69) is 9.73 Å². The van der Waals surface area contributed by atoms with E-state index < -0.39 is 6.61 Å². The van der Waals surface area contributed by atoms with Gasteiger partial charge in [-0.3, -0.25) is 0 Å². The zero-order chi connectivity index (χ0) is 17.4. The Morgan fingerprint density at radius 1 is 1.36 bits per heavy atom. The lowest BCUT2D eigenvalue weighted by atomic mass is 10.2. The van der Waals surface area contributed by atoms with Gasteiger partial charge >= 0.3 is 6.61 Å². The van der Waals surface area contributed by atoms with E-state index in [0.29, 0.717) is 23.9 Å². The summed E-state index contributed by atoms with van der Waals surface area (Å²) in [6.07, 6.45) is 0.835. The van der Waals surface area contributed by atoms with Crippen LogP contribution in [0.15, 0.2) is 23.2 Å². The summed E-state index contributed by atoms with van der Waals surface area (Å²) >= 11 is 1.88. The average Bonchev–Trinajstić information content (AvgIpc) is 2.59. The number of guanidine groups is 1. The summed E-state index contributed by atoms with van der Waals surface area (Å²) in [5, 5.41) is 0. The Hall–Kier alpha value is -0.970. The molecule has 0 radical (unpaired) electrons. The standard InChI is InChI=1S/C16H23F2N3O2S.HI/c1-2-7-22-13-4-3-12(14(10-13)23-15(17)18)11-20-16(19)21-5-8-24-9-6-21;/h3-4,10,15H,2,5-9,11H2,1H3,(H2,19,20);1H. The Balaban J connectivity index is 0.00000312. The lowest BCUT2D eigenvalue weighted by Gasteiger charge is -2.27. The van der Waals surface area contributed by atoms with Crippen LogP contribution in [-0.2, 0) is 6.54 Å². The third-order valence-corrected chi connectivity index (χ3v) is 4.42. The molecule has 0 aromatic heterocycles. The number of thioether (sulfide) groups is 1. The van der Waals surface area contributed by atoms with E-state index in [-0.39, 0.29) is 36.3 Å². The van der Waals surface area contributed by atoms with Gasteiger partial charge in [-0.05, 0) is 18.6 Å². The summed E-state index contributed by atoms with van der Waals surface area (Å²) in [7, 11) is 0. The fraction of sp³-hybridized carbons (Fsp3) is 0.562. The molecular formula is C16H24F2IN3O2S. The van der Waals surface area contributed by atoms with Gasteiger partial charge in [0.1, 0.15) is 11.5 Å². The summed E-state index contributed by atoms with van der Waals surface area (Å²) in [5.74, 6) is 3.04. The lowest BCUT2D eigenvalue weighted by molar-refractivity contribution is -0.0505. The molecule has 2 rings (SSSR count). The van der Waals surface area contributed by atoms with E-state index in [9.17, 15) is 8.78 Å². The number of halogens is 3. The van der Waals surface area contributed by atoms with E-state index in [4.69, 9.17) is 10.5 Å². The highest BCUT2D eigenvalue weighted by molar-refractivity contribution is 14.0. The molecule has 0 spiro atoms. The molecule has 5 nitrogen and oxygen atoms in total. The van der Waals surface area contributed by atoms with Crippen LogP contribution in [0, 0.1) is 0 Å². The molecule has 1 heterocycles. The number of aliphatic imine (C=N–C) groups is 1. The molecule has 9 heteroatoms. The normalized spacial score (nSPS) is 15.0. The summed E-state index contributed by atoms with van der Waals surface area (Å²) in [6, 6.07) is 4.89. The van der Waals surface area contributed by atoms with Gasteiger partial charge in [0, 0.05) is 36.2 Å². The minimum atomic E-state index is -2.90. The first-order chi connectivity index (χ1) is 11.6. The number of ether oxygens (including phenoxy) is 2. The second-order valence-corrected chi connectivity index (χ2v) is 6.50. The summed E-state index contributed by atoms with van der Waals surface area (Å²) in [5.41, 5.74) is 6.55. The van der Waals surface area contributed by atoms with E-state index in [0.717, 1.165) is 31.0 Å². The topological polar surface area (TPSA) is 60.1 Å². The van der Waals surface area contributed by atoms with Gasteiger partial charge in [0.15, 0.2) is 5.96 Å². The number of alkyl halides is 2. The van der Waals surface area contributed by atoms with Crippen LogP contribution in [0.3, 0.4) is 0 Å². The zero-order valence-corrected chi connectivity index (χ0v) is 17.3. The maximum absolute atomic E-state index is 12.6. The SMILES string of the molecule is CCCOc1ccc(CN=C(N)N2CCSCC2)c(OC(F)F)c1.I. The van der Waals surface area contributed by atoms with Crippen molar-refractivity contribution in [2.75, 3.05) is 31.2 Å². The minimum Gasteiger partial charge on any atom is -0.493 e. The van der Waals surface area contributed by atoms with Crippen LogP contribution in [0.4, 0.5) is 8.78 Å². The van der Waals surface area contributed by atoms with Crippen molar-refractivity contribution in [1.29, 1.82) is 0 Å². The van der Waals surface area contributed by atoms with Crippen LogP contribution in [0.1, 0.15) is 18.9 Å². The van der Waals surface area contributed by atoms with Crippen molar-refractivity contribution in [3.63, 3.8) is 0 Å². The Labute approximate surface area is 168 Å². The molecule has 1 aromatic rings. The fourth-order valence-corrected chi connectivity index (χ4v) is 3.14. The van der Waals surface area contributed by atoms with E-state index in [1.165, 1.54) is 6.07 Å². The smallest absolute Gasteiger partial charge is 0.387 e. The maximum Gasteiger partial charge on any atom is 0.387 e. The van der Waals surface area contributed by atoms with E-state index in [1.54, 1.807) is 12.1 Å². The van der Waals surface area contributed by atoms with Gasteiger partial charge in [0.25, 0.3) is 0 Å². The van der Waals surface area contributed by atoms with Crippen LogP contribution in [0.25, 0.3) is 0 Å². The highest BCUT2D eigenvalue weighted by Gasteiger charge is 2.14. The largest absolute Gasteiger partial charge is 0.493 e. The van der Waals surface area contributed by atoms with Crippen molar-refractivity contribution in [3.8, 4) is 11.5 Å². The minimum absolute atomic E-state index is 0.